The highest BCUT2D eigenvalue weighted by molar-refractivity contribution is 7.89. The van der Waals surface area contributed by atoms with E-state index in [1.807, 2.05) is 26.0 Å². The topological polar surface area (TPSA) is 119 Å². The zero-order chi connectivity index (χ0) is 24.8. The molecule has 0 amide bonds. The van der Waals surface area contributed by atoms with Crippen LogP contribution in [0.2, 0.25) is 0 Å². The van der Waals surface area contributed by atoms with Gasteiger partial charge in [0.15, 0.2) is 0 Å². The molecule has 0 heterocycles. The van der Waals surface area contributed by atoms with E-state index in [0.29, 0.717) is 30.4 Å². The summed E-state index contributed by atoms with van der Waals surface area (Å²) in [6.45, 7) is 6.62. The number of carbonyl (C=O) groups excluding carboxylic acids is 1. The van der Waals surface area contributed by atoms with Gasteiger partial charge >= 0.3 is 5.97 Å². The van der Waals surface area contributed by atoms with E-state index >= 15 is 0 Å². The van der Waals surface area contributed by atoms with Crippen molar-refractivity contribution >= 4 is 26.0 Å². The highest BCUT2D eigenvalue weighted by atomic mass is 32.2. The molecule has 1 atom stereocenters. The summed E-state index contributed by atoms with van der Waals surface area (Å²) in [5, 5.41) is 0. The van der Waals surface area contributed by atoms with Crippen molar-refractivity contribution in [2.75, 3.05) is 13.6 Å². The Labute approximate surface area is 196 Å². The summed E-state index contributed by atoms with van der Waals surface area (Å²) in [4.78, 5) is 11.5. The normalized spacial score (nSPS) is 13.0. The number of hydrogen-bond donors (Lipinski definition) is 2. The predicted octanol–water partition coefficient (Wildman–Crippen LogP) is 2.62. The number of esters is 1. The minimum atomic E-state index is -3.82. The van der Waals surface area contributed by atoms with E-state index in [-0.39, 0.29) is 16.3 Å². The lowest BCUT2D eigenvalue weighted by Gasteiger charge is -2.16. The van der Waals surface area contributed by atoms with Gasteiger partial charge in [-0.2, -0.15) is 0 Å². The van der Waals surface area contributed by atoms with Crippen molar-refractivity contribution in [3.8, 4) is 0 Å². The van der Waals surface area contributed by atoms with E-state index in [0.717, 1.165) is 11.1 Å². The zero-order valence-electron chi connectivity index (χ0n) is 19.6. The molecule has 0 fully saturated rings. The Kier molecular flexibility index (Phi) is 9.19. The average molecular weight is 497 g/mol. The standard InChI is InChI=1S/C23H32N2O6S2/c1-16-9-11-22(32(27,28)24-5)20(13-16)7-6-8-21-14-17(2)10-12-23(21)33(29,30)25-15-18(3)31-19(4)26/h9-14,18,24-25H,6-8,15H2,1-5H3. The van der Waals surface area contributed by atoms with Crippen LogP contribution in [0.15, 0.2) is 46.2 Å². The second-order valence-corrected chi connectivity index (χ2v) is 11.6. The van der Waals surface area contributed by atoms with E-state index < -0.39 is 32.1 Å². The van der Waals surface area contributed by atoms with Gasteiger partial charge in [-0.1, -0.05) is 35.4 Å². The van der Waals surface area contributed by atoms with Crippen LogP contribution >= 0.6 is 0 Å². The number of benzene rings is 2. The molecule has 0 aliphatic carbocycles. The second-order valence-electron chi connectivity index (χ2n) is 8.06. The van der Waals surface area contributed by atoms with Gasteiger partial charge in [0.05, 0.1) is 9.79 Å². The highest BCUT2D eigenvalue weighted by Crippen LogP contribution is 2.23. The van der Waals surface area contributed by atoms with Crippen LogP contribution in [0, 0.1) is 13.8 Å². The lowest BCUT2D eigenvalue weighted by atomic mass is 10.0. The summed E-state index contributed by atoms with van der Waals surface area (Å²) in [7, 11) is -6.04. The van der Waals surface area contributed by atoms with Crippen LogP contribution in [0.5, 0.6) is 0 Å². The molecule has 0 aliphatic heterocycles. The van der Waals surface area contributed by atoms with Crippen molar-refractivity contribution in [2.45, 2.75) is 62.9 Å². The molecule has 0 aliphatic rings. The van der Waals surface area contributed by atoms with Crippen LogP contribution in [-0.4, -0.2) is 42.5 Å². The van der Waals surface area contributed by atoms with E-state index in [2.05, 4.69) is 9.44 Å². The Morgan fingerprint density at radius 3 is 1.85 bits per heavy atom. The molecule has 33 heavy (non-hydrogen) atoms. The first-order valence-electron chi connectivity index (χ1n) is 10.6. The van der Waals surface area contributed by atoms with Crippen LogP contribution in [0.3, 0.4) is 0 Å². The lowest BCUT2D eigenvalue weighted by molar-refractivity contribution is -0.145. The second kappa shape index (κ2) is 11.2. The number of nitrogens with one attached hydrogen (secondary N) is 2. The van der Waals surface area contributed by atoms with Gasteiger partial charge in [-0.25, -0.2) is 26.3 Å². The summed E-state index contributed by atoms with van der Waals surface area (Å²) in [6.07, 6.45) is 0.887. The maximum Gasteiger partial charge on any atom is 0.302 e. The monoisotopic (exact) mass is 496 g/mol. The van der Waals surface area contributed by atoms with Crippen molar-refractivity contribution < 1.29 is 26.4 Å². The molecule has 2 aromatic rings. The molecule has 2 aromatic carbocycles. The van der Waals surface area contributed by atoms with Gasteiger partial charge in [-0.15, -0.1) is 0 Å². The molecule has 1 unspecified atom stereocenters. The summed E-state index contributed by atoms with van der Waals surface area (Å²) in [5.74, 6) is -0.478. The molecule has 0 saturated heterocycles. The Hall–Kier alpha value is -2.27. The van der Waals surface area contributed by atoms with Gasteiger partial charge < -0.3 is 4.74 Å². The van der Waals surface area contributed by atoms with Crippen molar-refractivity contribution in [2.24, 2.45) is 0 Å². The fourth-order valence-electron chi connectivity index (χ4n) is 3.54. The van der Waals surface area contributed by atoms with Crippen LogP contribution < -0.4 is 9.44 Å². The van der Waals surface area contributed by atoms with Gasteiger partial charge in [-0.05, 0) is 70.3 Å². The fraction of sp³-hybridized carbons (Fsp3) is 0.435. The van der Waals surface area contributed by atoms with Gasteiger partial charge in [0.25, 0.3) is 0 Å². The van der Waals surface area contributed by atoms with Gasteiger partial charge in [0, 0.05) is 13.5 Å². The first kappa shape index (κ1) is 27.0. The smallest absolute Gasteiger partial charge is 0.302 e. The minimum absolute atomic E-state index is 0.0379. The number of ether oxygens (including phenoxy) is 1. The molecule has 8 nitrogen and oxygen atoms in total. The summed E-state index contributed by atoms with van der Waals surface area (Å²) >= 11 is 0. The van der Waals surface area contributed by atoms with Gasteiger partial charge in [-0.3, -0.25) is 4.79 Å². The van der Waals surface area contributed by atoms with Gasteiger partial charge in [0.2, 0.25) is 20.0 Å². The van der Waals surface area contributed by atoms with Crippen LogP contribution in [0.1, 0.15) is 42.5 Å². The summed E-state index contributed by atoms with van der Waals surface area (Å²) in [6, 6.07) is 10.3. The largest absolute Gasteiger partial charge is 0.461 e. The molecule has 0 aromatic heterocycles. The maximum absolute atomic E-state index is 12.9. The van der Waals surface area contributed by atoms with Crippen molar-refractivity contribution in [1.29, 1.82) is 0 Å². The number of rotatable bonds is 11. The summed E-state index contributed by atoms with van der Waals surface area (Å²) in [5.41, 5.74) is 3.21. The third-order valence-electron chi connectivity index (χ3n) is 5.10. The first-order chi connectivity index (χ1) is 15.4. The van der Waals surface area contributed by atoms with Gasteiger partial charge in [0.1, 0.15) is 6.10 Å². The van der Waals surface area contributed by atoms with Crippen LogP contribution in [-0.2, 0) is 42.4 Å². The number of aryl methyl sites for hydroxylation is 4. The SMILES string of the molecule is CNS(=O)(=O)c1ccc(C)cc1CCCc1cc(C)ccc1S(=O)(=O)NCC(C)OC(C)=O. The Balaban J connectivity index is 2.21. The van der Waals surface area contributed by atoms with Crippen molar-refractivity contribution in [1.82, 2.24) is 9.44 Å². The first-order valence-corrected chi connectivity index (χ1v) is 13.6. The fourth-order valence-corrected chi connectivity index (χ4v) is 5.88. The molecule has 10 heteroatoms. The van der Waals surface area contributed by atoms with Crippen molar-refractivity contribution in [3.63, 3.8) is 0 Å². The van der Waals surface area contributed by atoms with Crippen LogP contribution in [0.4, 0.5) is 0 Å². The quantitative estimate of drug-likeness (QED) is 0.462. The molecule has 2 N–H and O–H groups in total. The third-order valence-corrected chi connectivity index (χ3v) is 8.14. The number of hydrogen-bond acceptors (Lipinski definition) is 6. The predicted molar refractivity (Wildman–Crippen MR) is 127 cm³/mol. The molecular weight excluding hydrogens is 464 g/mol. The molecule has 0 bridgehead atoms. The maximum atomic E-state index is 12.9. The third kappa shape index (κ3) is 7.63. The Bertz CT molecular complexity index is 1210. The lowest BCUT2D eigenvalue weighted by Crippen LogP contribution is -2.33. The van der Waals surface area contributed by atoms with Crippen LogP contribution in [0.25, 0.3) is 0 Å². The van der Waals surface area contributed by atoms with Crippen molar-refractivity contribution in [3.05, 3.63) is 58.7 Å². The molecule has 0 radical (unpaired) electrons. The number of sulfonamides is 2. The Morgan fingerprint density at radius 2 is 1.39 bits per heavy atom. The molecular formula is C23H32N2O6S2. The molecule has 0 spiro atoms. The molecule has 0 saturated carbocycles. The summed E-state index contributed by atoms with van der Waals surface area (Å²) < 4.78 is 60.4. The van der Waals surface area contributed by atoms with E-state index in [9.17, 15) is 21.6 Å². The molecule has 182 valence electrons. The zero-order valence-corrected chi connectivity index (χ0v) is 21.3. The number of carbonyl (C=O) groups is 1. The highest BCUT2D eigenvalue weighted by Gasteiger charge is 2.21. The molecule has 2 rings (SSSR count). The van der Waals surface area contributed by atoms with E-state index in [4.69, 9.17) is 4.74 Å². The van der Waals surface area contributed by atoms with E-state index in [1.54, 1.807) is 31.2 Å². The van der Waals surface area contributed by atoms with E-state index in [1.165, 1.54) is 14.0 Å². The minimum Gasteiger partial charge on any atom is -0.461 e. The average Bonchev–Trinajstić information content (AvgIpc) is 2.72. The Morgan fingerprint density at radius 1 is 0.909 bits per heavy atom.